The van der Waals surface area contributed by atoms with Gasteiger partial charge in [-0.25, -0.2) is 0 Å². The van der Waals surface area contributed by atoms with Gasteiger partial charge in [0.25, 0.3) is 70.8 Å². The van der Waals surface area contributed by atoms with E-state index in [1.807, 2.05) is 0 Å². The number of fused-ring (bicyclic) bond motifs is 12. The third-order valence-electron chi connectivity index (χ3n) is 19.9. The molecule has 6 aliphatic carbocycles. The summed E-state index contributed by atoms with van der Waals surface area (Å²) >= 11 is 0. The smallest absolute Gasteiger partial charge is 0.289 e. The van der Waals surface area contributed by atoms with Crippen molar-refractivity contribution in [3.63, 3.8) is 0 Å². The summed E-state index contributed by atoms with van der Waals surface area (Å²) in [4.78, 5) is 146. The summed E-state index contributed by atoms with van der Waals surface area (Å²) in [5.41, 5.74) is 1.90. The Hall–Kier alpha value is -15.5. The highest BCUT2D eigenvalue weighted by Gasteiger charge is 2.40. The molecule has 0 saturated carbocycles. The highest BCUT2D eigenvalue weighted by atomic mass is 32.2. The third-order valence-corrected chi connectivity index (χ3v) is 25.6. The van der Waals surface area contributed by atoms with Crippen molar-refractivity contribution in [2.75, 3.05) is 0 Å². The summed E-state index contributed by atoms with van der Waals surface area (Å²) in [6, 6.07) is 57.3. The van der Waals surface area contributed by atoms with Crippen LogP contribution < -0.4 is 0 Å². The molecule has 0 spiro atoms. The second-order valence-electron chi connectivity index (χ2n) is 28.5. The predicted octanol–water partition coefficient (Wildman–Crippen LogP) is 5.76. The summed E-state index contributed by atoms with van der Waals surface area (Å²) in [7, 11) is -43.9. The first-order chi connectivity index (χ1) is 65.9. The number of hydrogen-bond acceptors (Lipinski definition) is 38. The van der Waals surface area contributed by atoms with E-state index in [1.54, 1.807) is 91.0 Å². The van der Waals surface area contributed by atoms with Gasteiger partial charge in [0.05, 0.1) is 25.8 Å². The van der Waals surface area contributed by atoms with Gasteiger partial charge in [-0.3, -0.25) is 89.4 Å². The molecule has 0 saturated heterocycles. The Bertz CT molecular complexity index is 8200. The van der Waals surface area contributed by atoms with E-state index in [0.717, 1.165) is 60.7 Å². The van der Waals surface area contributed by atoms with Crippen LogP contribution in [0.5, 0.6) is 0 Å². The van der Waals surface area contributed by atoms with Crippen molar-refractivity contribution in [2.45, 2.75) is 36.0 Å². The average Bonchev–Trinajstić information content (AvgIpc) is 0.708. The van der Waals surface area contributed by atoms with Crippen LogP contribution >= 0.6 is 0 Å². The van der Waals surface area contributed by atoms with E-state index in [0.29, 0.717) is 16.7 Å². The van der Waals surface area contributed by atoms with E-state index in [2.05, 4.69) is 0 Å². The standard InChI is InChI=1S/C16H12O8S2.5C14H8O5S.4O3S/c17-15-11-3-1-2-4-12(11)16(18)14-6-10(8-26(22,23)24)9(5-13(14)15)7-25(19,20)21;2*15-13-8-4-1-2-5-9(8)14(16)12-10(13)6-3-7-11(12)20(17,18)19;3*15-13-9-3-1-2-4-10(9)14(16)12-7-8(20(17,18)19)5-6-11(12)13;4*1-4(2)3/h1-6H,7-8H2,(H,19,20,21)(H,22,23,24);5*1-7H,(H,17,18,19);;;;. The molecule has 56 heteroatoms. The molecule has 0 aliphatic heterocycles. The fourth-order valence-corrected chi connectivity index (χ4v) is 18.5. The van der Waals surface area contributed by atoms with Crippen LogP contribution in [0.15, 0.2) is 273 Å². The van der Waals surface area contributed by atoms with Gasteiger partial charge in [-0.05, 0) is 90.0 Å². The minimum Gasteiger partial charge on any atom is -0.289 e. The largest absolute Gasteiger partial charge is 0.425 e. The summed E-state index contributed by atoms with van der Waals surface area (Å²) in [5, 5.41) is 0. The molecule has 0 fully saturated rings. The monoisotopic (exact) mass is 2160 g/mol. The first kappa shape index (κ1) is 110. The Kier molecular flexibility index (Phi) is 34.1. The summed E-state index contributed by atoms with van der Waals surface area (Å²) in [5.74, 6) is -7.29. The SMILES string of the molecule is O=C1c2ccccc2C(=O)c2c1cccc2S(=O)(=O)O.O=C1c2ccccc2C(=O)c2c1cccc2S(=O)(=O)O.O=C1c2ccccc2C(=O)c2cc(CS(=O)(=O)O)c(CS(=O)(=O)O)cc21.O=C1c2ccccc2C(=O)c2cc(S(=O)(=O)O)ccc21.O=C1c2ccccc2C(=O)c2cc(S(=O)(=O)O)ccc21.O=C1c2ccccc2C(=O)c2cc(S(=O)(=O)O)ccc21.O=S(=O)=O.O=S(=O)=O.O=S(=O)=O.O=S(=O)=O. The van der Waals surface area contributed by atoms with Crippen molar-refractivity contribution in [2.24, 2.45) is 0 Å². The molecule has 732 valence electrons. The normalized spacial score (nSPS) is 13.0. The zero-order valence-corrected chi connectivity index (χ0v) is 78.7. The lowest BCUT2D eigenvalue weighted by Crippen LogP contribution is -2.23. The third kappa shape index (κ3) is 26.2. The first-order valence-electron chi connectivity index (χ1n) is 37.7. The van der Waals surface area contributed by atoms with Crippen LogP contribution in [0.3, 0.4) is 0 Å². The molecule has 0 unspecified atom stereocenters. The molecule has 12 aromatic rings. The molecule has 0 radical (unpaired) electrons. The molecule has 0 aromatic heterocycles. The van der Waals surface area contributed by atoms with Crippen molar-refractivity contribution in [1.82, 2.24) is 0 Å². The molecule has 12 aromatic carbocycles. The maximum Gasteiger partial charge on any atom is 0.425 e. The van der Waals surface area contributed by atoms with Gasteiger partial charge in [0.15, 0.2) is 69.4 Å². The lowest BCUT2D eigenvalue weighted by molar-refractivity contribution is 0.0976. The molecule has 7 N–H and O–H groups in total. The predicted molar refractivity (Wildman–Crippen MR) is 477 cm³/mol. The van der Waals surface area contributed by atoms with Gasteiger partial charge in [-0.2, -0.15) is 58.9 Å². The van der Waals surface area contributed by atoms with Crippen LogP contribution in [0.1, 0.15) is 202 Å². The van der Waals surface area contributed by atoms with Gasteiger partial charge < -0.3 is 0 Å². The topological polar surface area (TPSA) is 790 Å². The van der Waals surface area contributed by atoms with Crippen LogP contribution in [0.4, 0.5) is 0 Å². The van der Waals surface area contributed by atoms with Crippen LogP contribution in [-0.4, -0.2) is 211 Å². The average molecular weight is 2160 g/mol. The fourth-order valence-electron chi connectivity index (χ4n) is 14.3. The van der Waals surface area contributed by atoms with E-state index in [9.17, 15) is 126 Å². The minimum atomic E-state index is -4.58. The fraction of sp³-hybridized carbons (Fsp3) is 0.0233. The lowest BCUT2D eigenvalue weighted by atomic mass is 9.82. The molecular weight excluding hydrogens is 2110 g/mol. The number of benzene rings is 12. The van der Waals surface area contributed by atoms with E-state index in [-0.39, 0.29) is 145 Å². The zero-order valence-electron chi connectivity index (χ0n) is 69.7. The van der Waals surface area contributed by atoms with E-state index in [1.165, 1.54) is 97.1 Å². The quantitative estimate of drug-likeness (QED) is 0.0844. The maximum atomic E-state index is 12.6. The molecular formula is C86H52O45S11. The molecule has 0 bridgehead atoms. The van der Waals surface area contributed by atoms with Gasteiger partial charge in [-0.1, -0.05) is 170 Å². The van der Waals surface area contributed by atoms with Crippen LogP contribution in [-0.2, 0) is 125 Å². The number of carbonyl (C=O) groups excluding carboxylic acids is 12. The van der Waals surface area contributed by atoms with Gasteiger partial charge >= 0.3 is 42.4 Å². The van der Waals surface area contributed by atoms with Gasteiger partial charge in [0.1, 0.15) is 21.3 Å². The van der Waals surface area contributed by atoms with Crippen molar-refractivity contribution in [3.8, 4) is 0 Å². The Balaban J connectivity index is 0.000000184. The van der Waals surface area contributed by atoms with Crippen molar-refractivity contribution >= 4 is 183 Å². The highest BCUT2D eigenvalue weighted by molar-refractivity contribution is 7.87. The number of carbonyl (C=O) groups is 12. The molecule has 0 atom stereocenters. The first-order valence-corrected chi connectivity index (χ1v) is 52.1. The molecule has 142 heavy (non-hydrogen) atoms. The molecule has 0 amide bonds. The molecule has 18 rings (SSSR count). The van der Waals surface area contributed by atoms with Crippen molar-refractivity contribution in [3.05, 3.63) is 393 Å². The zero-order chi connectivity index (χ0) is 106. The molecule has 0 heterocycles. The Labute approximate surface area is 804 Å². The van der Waals surface area contributed by atoms with Crippen LogP contribution in [0, 0.1) is 0 Å². The molecule has 6 aliphatic rings. The Morgan fingerprint density at radius 2 is 0.317 bits per heavy atom. The summed E-state index contributed by atoms with van der Waals surface area (Å²) < 4.78 is 322. The summed E-state index contributed by atoms with van der Waals surface area (Å²) in [6.07, 6.45) is 0. The second-order valence-corrected chi connectivity index (χ2v) is 40.1. The van der Waals surface area contributed by atoms with E-state index < -0.39 is 201 Å². The second kappa shape index (κ2) is 43.9. The van der Waals surface area contributed by atoms with Crippen molar-refractivity contribution in [1.29, 1.82) is 0 Å². The minimum absolute atomic E-state index is 0.0103. The molecule has 45 nitrogen and oxygen atoms in total. The Morgan fingerprint density at radius 1 is 0.169 bits per heavy atom. The number of hydrogen-bond donors (Lipinski definition) is 7. The maximum absolute atomic E-state index is 12.6. The van der Waals surface area contributed by atoms with Crippen LogP contribution in [0.25, 0.3) is 0 Å². The van der Waals surface area contributed by atoms with Gasteiger partial charge in [0.2, 0.25) is 0 Å². The number of ketones is 12. The van der Waals surface area contributed by atoms with Crippen molar-refractivity contribution < 1.29 is 199 Å². The Morgan fingerprint density at radius 3 is 0.486 bits per heavy atom. The highest BCUT2D eigenvalue weighted by Crippen LogP contribution is 2.38. The lowest BCUT2D eigenvalue weighted by Gasteiger charge is -2.20. The van der Waals surface area contributed by atoms with Crippen LogP contribution in [0.2, 0.25) is 0 Å². The van der Waals surface area contributed by atoms with E-state index in [4.69, 9.17) is 73.3 Å². The van der Waals surface area contributed by atoms with E-state index >= 15 is 0 Å². The number of rotatable bonds is 9. The summed E-state index contributed by atoms with van der Waals surface area (Å²) in [6.45, 7) is 0. The van der Waals surface area contributed by atoms with Gasteiger partial charge in [0, 0.05) is 122 Å². The van der Waals surface area contributed by atoms with Gasteiger partial charge in [-0.15, -0.1) is 50.5 Å².